The van der Waals surface area contributed by atoms with Crippen molar-refractivity contribution in [3.05, 3.63) is 58.1 Å². The van der Waals surface area contributed by atoms with Gasteiger partial charge < -0.3 is 15.4 Å². The number of hydrogen-bond acceptors (Lipinski definition) is 3. The second-order valence-corrected chi connectivity index (χ2v) is 6.50. The fraction of sp³-hybridized carbons (Fsp3) is 0.350. The molecule has 2 aromatic rings. The smallest absolute Gasteiger partial charge is 0.225 e. The molecule has 25 heavy (non-hydrogen) atoms. The first-order chi connectivity index (χ1) is 12.0. The molecule has 0 saturated heterocycles. The lowest BCUT2D eigenvalue weighted by Gasteiger charge is -2.12. The summed E-state index contributed by atoms with van der Waals surface area (Å²) < 4.78 is 5.21. The number of benzene rings is 2. The van der Waals surface area contributed by atoms with E-state index in [1.165, 1.54) is 5.56 Å². The van der Waals surface area contributed by atoms with E-state index in [2.05, 4.69) is 16.7 Å². The minimum atomic E-state index is -0.0391. The van der Waals surface area contributed by atoms with E-state index in [1.54, 1.807) is 7.11 Å². The van der Waals surface area contributed by atoms with E-state index in [9.17, 15) is 4.79 Å². The lowest BCUT2D eigenvalue weighted by atomic mass is 10.1. The Morgan fingerprint density at radius 3 is 2.68 bits per heavy atom. The molecule has 0 unspecified atom stereocenters. The molecule has 2 rings (SSSR count). The van der Waals surface area contributed by atoms with Gasteiger partial charge in [0, 0.05) is 13.0 Å². The van der Waals surface area contributed by atoms with E-state index in [1.807, 2.05) is 44.2 Å². The highest BCUT2D eigenvalue weighted by Crippen LogP contribution is 2.27. The van der Waals surface area contributed by atoms with Gasteiger partial charge in [0.2, 0.25) is 5.91 Å². The van der Waals surface area contributed by atoms with Crippen LogP contribution in [0, 0.1) is 13.8 Å². The van der Waals surface area contributed by atoms with Crippen molar-refractivity contribution < 1.29 is 9.53 Å². The van der Waals surface area contributed by atoms with Crippen molar-refractivity contribution >= 4 is 23.2 Å². The number of rotatable bonds is 8. The van der Waals surface area contributed by atoms with Gasteiger partial charge in [0.15, 0.2) is 0 Å². The number of ether oxygens (including phenoxy) is 1. The molecular weight excluding hydrogens is 336 g/mol. The largest absolute Gasteiger partial charge is 0.497 e. The van der Waals surface area contributed by atoms with Gasteiger partial charge in [-0.2, -0.15) is 0 Å². The maximum absolute atomic E-state index is 12.1. The molecular formula is C20H25ClN2O2. The van der Waals surface area contributed by atoms with Crippen molar-refractivity contribution in [2.24, 2.45) is 0 Å². The molecule has 0 aliphatic rings. The van der Waals surface area contributed by atoms with E-state index in [4.69, 9.17) is 16.3 Å². The monoisotopic (exact) mass is 360 g/mol. The Bertz CT molecular complexity index is 708. The topological polar surface area (TPSA) is 50.4 Å². The maximum atomic E-state index is 12.1. The number of anilines is 1. The normalized spacial score (nSPS) is 10.6. The Morgan fingerprint density at radius 2 is 1.96 bits per heavy atom. The number of halogens is 1. The van der Waals surface area contributed by atoms with Crippen molar-refractivity contribution in [2.45, 2.75) is 26.7 Å². The molecule has 4 nitrogen and oxygen atoms in total. The minimum absolute atomic E-state index is 0.0391. The number of methoxy groups -OCH3 is 1. The standard InChI is InChI=1S/C20H25ClN2O2/c1-14-11-15(2)20(18(21)12-14)23-19(24)8-10-22-9-7-16-5-4-6-17(13-16)25-3/h4-6,11-13,22H,7-10H2,1-3H3,(H,23,24). The second kappa shape index (κ2) is 9.44. The van der Waals surface area contributed by atoms with Gasteiger partial charge in [0.1, 0.15) is 5.75 Å². The number of amides is 1. The quantitative estimate of drug-likeness (QED) is 0.696. The third-order valence-electron chi connectivity index (χ3n) is 3.95. The van der Waals surface area contributed by atoms with Crippen molar-refractivity contribution in [1.29, 1.82) is 0 Å². The number of hydrogen-bond donors (Lipinski definition) is 2. The summed E-state index contributed by atoms with van der Waals surface area (Å²) in [4.78, 5) is 12.1. The van der Waals surface area contributed by atoms with Crippen LogP contribution in [0.15, 0.2) is 36.4 Å². The summed E-state index contributed by atoms with van der Waals surface area (Å²) in [5.74, 6) is 0.824. The van der Waals surface area contributed by atoms with E-state index >= 15 is 0 Å². The molecule has 134 valence electrons. The van der Waals surface area contributed by atoms with Gasteiger partial charge in [0.05, 0.1) is 17.8 Å². The zero-order valence-corrected chi connectivity index (χ0v) is 15.7. The Labute approximate surface area is 154 Å². The maximum Gasteiger partial charge on any atom is 0.225 e. The van der Waals surface area contributed by atoms with Crippen molar-refractivity contribution in [3.63, 3.8) is 0 Å². The molecule has 2 aromatic carbocycles. The molecule has 0 spiro atoms. The van der Waals surface area contributed by atoms with Gasteiger partial charge in [-0.25, -0.2) is 0 Å². The first-order valence-corrected chi connectivity index (χ1v) is 8.77. The zero-order valence-electron chi connectivity index (χ0n) is 15.0. The molecule has 2 N–H and O–H groups in total. The molecule has 0 saturated carbocycles. The van der Waals surface area contributed by atoms with Crippen LogP contribution in [-0.2, 0) is 11.2 Å². The Kier molecular flexibility index (Phi) is 7.29. The average molecular weight is 361 g/mol. The minimum Gasteiger partial charge on any atom is -0.497 e. The SMILES string of the molecule is COc1cccc(CCNCCC(=O)Nc2c(C)cc(C)cc2Cl)c1. The lowest BCUT2D eigenvalue weighted by Crippen LogP contribution is -2.24. The Morgan fingerprint density at radius 1 is 1.16 bits per heavy atom. The summed E-state index contributed by atoms with van der Waals surface area (Å²) in [5, 5.41) is 6.77. The van der Waals surface area contributed by atoms with E-state index < -0.39 is 0 Å². The predicted octanol–water partition coefficient (Wildman–Crippen LogP) is 4.13. The summed E-state index contributed by atoms with van der Waals surface area (Å²) in [7, 11) is 1.66. The summed E-state index contributed by atoms with van der Waals surface area (Å²) in [5.41, 5.74) is 3.97. The van der Waals surface area contributed by atoms with Gasteiger partial charge in [0.25, 0.3) is 0 Å². The van der Waals surface area contributed by atoms with Crippen LogP contribution in [-0.4, -0.2) is 26.1 Å². The van der Waals surface area contributed by atoms with Gasteiger partial charge in [-0.1, -0.05) is 29.8 Å². The van der Waals surface area contributed by atoms with E-state index in [0.29, 0.717) is 23.7 Å². The van der Waals surface area contributed by atoms with Crippen molar-refractivity contribution in [2.75, 3.05) is 25.5 Å². The fourth-order valence-electron chi connectivity index (χ4n) is 2.66. The van der Waals surface area contributed by atoms with Crippen molar-refractivity contribution in [3.8, 4) is 5.75 Å². The van der Waals surface area contributed by atoms with Crippen LogP contribution < -0.4 is 15.4 Å². The molecule has 0 fully saturated rings. The molecule has 0 aliphatic carbocycles. The van der Waals surface area contributed by atoms with Gasteiger partial charge in [-0.05, 0) is 61.7 Å². The molecule has 0 aromatic heterocycles. The van der Waals surface area contributed by atoms with Crippen molar-refractivity contribution in [1.82, 2.24) is 5.32 Å². The van der Waals surface area contributed by atoms with Gasteiger partial charge in [-0.15, -0.1) is 0 Å². The van der Waals surface area contributed by atoms with Crippen LogP contribution in [0.1, 0.15) is 23.1 Å². The molecule has 0 radical (unpaired) electrons. The van der Waals surface area contributed by atoms with Crippen LogP contribution >= 0.6 is 11.6 Å². The summed E-state index contributed by atoms with van der Waals surface area (Å²) >= 11 is 6.21. The van der Waals surface area contributed by atoms with Crippen LogP contribution in [0.25, 0.3) is 0 Å². The molecule has 0 bridgehead atoms. The summed E-state index contributed by atoms with van der Waals surface area (Å²) in [6, 6.07) is 11.9. The third-order valence-corrected chi connectivity index (χ3v) is 4.25. The molecule has 0 atom stereocenters. The first kappa shape index (κ1) is 19.3. The number of carbonyl (C=O) groups excluding carboxylic acids is 1. The van der Waals surface area contributed by atoms with Gasteiger partial charge in [-0.3, -0.25) is 4.79 Å². The second-order valence-electron chi connectivity index (χ2n) is 6.09. The Hall–Kier alpha value is -2.04. The van der Waals surface area contributed by atoms with E-state index in [0.717, 1.165) is 29.8 Å². The third kappa shape index (κ3) is 6.07. The number of carbonyl (C=O) groups is 1. The highest BCUT2D eigenvalue weighted by molar-refractivity contribution is 6.34. The fourth-order valence-corrected chi connectivity index (χ4v) is 3.03. The Balaban J connectivity index is 1.72. The van der Waals surface area contributed by atoms with Gasteiger partial charge >= 0.3 is 0 Å². The molecule has 1 amide bonds. The van der Waals surface area contributed by atoms with E-state index in [-0.39, 0.29) is 5.91 Å². The predicted molar refractivity (Wildman–Crippen MR) is 104 cm³/mol. The molecule has 5 heteroatoms. The van der Waals surface area contributed by atoms with Crippen LogP contribution in [0.3, 0.4) is 0 Å². The average Bonchev–Trinajstić information content (AvgIpc) is 2.58. The molecule has 0 heterocycles. The highest BCUT2D eigenvalue weighted by Gasteiger charge is 2.09. The van der Waals surface area contributed by atoms with Crippen LogP contribution in [0.2, 0.25) is 5.02 Å². The molecule has 0 aliphatic heterocycles. The number of nitrogens with one attached hydrogen (secondary N) is 2. The first-order valence-electron chi connectivity index (χ1n) is 8.40. The van der Waals surface area contributed by atoms with Crippen LogP contribution in [0.5, 0.6) is 5.75 Å². The highest BCUT2D eigenvalue weighted by atomic mass is 35.5. The lowest BCUT2D eigenvalue weighted by molar-refractivity contribution is -0.116. The number of aryl methyl sites for hydroxylation is 2. The van der Waals surface area contributed by atoms with Crippen LogP contribution in [0.4, 0.5) is 5.69 Å². The summed E-state index contributed by atoms with van der Waals surface area (Å²) in [6.45, 7) is 5.36. The zero-order chi connectivity index (χ0) is 18.2. The summed E-state index contributed by atoms with van der Waals surface area (Å²) in [6.07, 6.45) is 1.30.